The first-order valence-corrected chi connectivity index (χ1v) is 10.3. The van der Waals surface area contributed by atoms with Crippen LogP contribution in [0.5, 0.6) is 11.5 Å². The van der Waals surface area contributed by atoms with Gasteiger partial charge in [-0.1, -0.05) is 24.1 Å². The summed E-state index contributed by atoms with van der Waals surface area (Å²) < 4.78 is 25.7. The number of hydrogen-bond acceptors (Lipinski definition) is 5. The summed E-state index contributed by atoms with van der Waals surface area (Å²) in [5.74, 6) is 2.43. The Balaban J connectivity index is 1.85. The standard InChI is InChI=1S/C21H15FINO4S/c1-3-8-24-20(25)18(29-21(24)26)11-13-9-16(23)19(17(10-13)27-2)28-12-14-6-4-5-7-15(14)22/h1,4-7,9-11H,8,12H2,2H3/b18-11+. The Kier molecular flexibility index (Phi) is 6.82. The summed E-state index contributed by atoms with van der Waals surface area (Å²) in [5.41, 5.74) is 1.09. The lowest BCUT2D eigenvalue weighted by Gasteiger charge is -2.14. The van der Waals surface area contributed by atoms with Gasteiger partial charge in [-0.15, -0.1) is 6.42 Å². The number of terminal acetylenes is 1. The van der Waals surface area contributed by atoms with E-state index in [0.29, 0.717) is 26.2 Å². The van der Waals surface area contributed by atoms with Crippen LogP contribution in [0, 0.1) is 21.7 Å². The zero-order valence-corrected chi connectivity index (χ0v) is 18.3. The van der Waals surface area contributed by atoms with E-state index in [-0.39, 0.29) is 23.9 Å². The summed E-state index contributed by atoms with van der Waals surface area (Å²) >= 11 is 2.91. The monoisotopic (exact) mass is 523 g/mol. The van der Waals surface area contributed by atoms with Crippen LogP contribution in [0.3, 0.4) is 0 Å². The largest absolute Gasteiger partial charge is 0.493 e. The van der Waals surface area contributed by atoms with Crippen LogP contribution in [0.1, 0.15) is 11.1 Å². The fourth-order valence-corrected chi connectivity index (χ4v) is 4.23. The fourth-order valence-electron chi connectivity index (χ4n) is 2.61. The Bertz CT molecular complexity index is 1050. The number of ether oxygens (including phenoxy) is 2. The van der Waals surface area contributed by atoms with Gasteiger partial charge in [0.25, 0.3) is 11.1 Å². The molecule has 0 saturated carbocycles. The molecule has 2 amide bonds. The molecule has 0 N–H and O–H groups in total. The van der Waals surface area contributed by atoms with E-state index in [2.05, 4.69) is 28.5 Å². The van der Waals surface area contributed by atoms with Crippen molar-refractivity contribution in [3.63, 3.8) is 0 Å². The molecule has 0 aliphatic carbocycles. The number of hydrogen-bond donors (Lipinski definition) is 0. The van der Waals surface area contributed by atoms with Gasteiger partial charge in [0.15, 0.2) is 11.5 Å². The third-order valence-corrected chi connectivity index (χ3v) is 5.71. The molecule has 1 heterocycles. The lowest BCUT2D eigenvalue weighted by atomic mass is 10.1. The van der Waals surface area contributed by atoms with Gasteiger partial charge < -0.3 is 9.47 Å². The second-order valence-electron chi connectivity index (χ2n) is 5.89. The minimum absolute atomic E-state index is 0.0450. The van der Waals surface area contributed by atoms with Crippen LogP contribution in [-0.2, 0) is 11.4 Å². The van der Waals surface area contributed by atoms with E-state index in [1.54, 1.807) is 36.4 Å². The van der Waals surface area contributed by atoms with Gasteiger partial charge in [-0.05, 0) is 64.2 Å². The van der Waals surface area contributed by atoms with Gasteiger partial charge in [0.05, 0.1) is 22.1 Å². The van der Waals surface area contributed by atoms with Crippen LogP contribution in [0.25, 0.3) is 6.08 Å². The molecule has 8 heteroatoms. The Morgan fingerprint density at radius 2 is 2.07 bits per heavy atom. The lowest BCUT2D eigenvalue weighted by molar-refractivity contribution is -0.122. The number of imide groups is 1. The quantitative estimate of drug-likeness (QED) is 0.313. The van der Waals surface area contributed by atoms with Crippen molar-refractivity contribution >= 4 is 51.6 Å². The van der Waals surface area contributed by atoms with Crippen molar-refractivity contribution in [3.05, 3.63) is 61.8 Å². The first-order valence-electron chi connectivity index (χ1n) is 8.37. The Morgan fingerprint density at radius 3 is 2.76 bits per heavy atom. The summed E-state index contributed by atoms with van der Waals surface area (Å²) in [7, 11) is 1.49. The maximum absolute atomic E-state index is 13.8. The number of amides is 2. The molecule has 0 spiro atoms. The van der Waals surface area contributed by atoms with E-state index in [0.717, 1.165) is 16.7 Å². The summed E-state index contributed by atoms with van der Waals surface area (Å²) in [4.78, 5) is 25.6. The third kappa shape index (κ3) is 4.74. The predicted octanol–water partition coefficient (Wildman–Crippen LogP) is 4.69. The molecule has 0 aromatic heterocycles. The van der Waals surface area contributed by atoms with Crippen LogP contribution < -0.4 is 9.47 Å². The Morgan fingerprint density at radius 1 is 1.31 bits per heavy atom. The number of thioether (sulfide) groups is 1. The van der Waals surface area contributed by atoms with Crippen molar-refractivity contribution < 1.29 is 23.5 Å². The predicted molar refractivity (Wildman–Crippen MR) is 118 cm³/mol. The van der Waals surface area contributed by atoms with Crippen molar-refractivity contribution in [1.82, 2.24) is 4.90 Å². The molecule has 1 aliphatic heterocycles. The number of benzene rings is 2. The topological polar surface area (TPSA) is 55.8 Å². The minimum Gasteiger partial charge on any atom is -0.493 e. The van der Waals surface area contributed by atoms with Crippen LogP contribution in [-0.4, -0.2) is 29.7 Å². The van der Waals surface area contributed by atoms with E-state index in [4.69, 9.17) is 15.9 Å². The molecule has 2 aromatic carbocycles. The molecule has 1 aliphatic rings. The molecule has 0 unspecified atom stereocenters. The molecular weight excluding hydrogens is 508 g/mol. The first-order chi connectivity index (χ1) is 13.9. The Hall–Kier alpha value is -2.51. The molecule has 1 saturated heterocycles. The fraction of sp³-hybridized carbons (Fsp3) is 0.143. The smallest absolute Gasteiger partial charge is 0.294 e. The maximum atomic E-state index is 13.8. The lowest BCUT2D eigenvalue weighted by Crippen LogP contribution is -2.28. The maximum Gasteiger partial charge on any atom is 0.294 e. The summed E-state index contributed by atoms with van der Waals surface area (Å²) in [6.45, 7) is -0.0188. The van der Waals surface area contributed by atoms with Crippen LogP contribution in [0.15, 0.2) is 41.3 Å². The van der Waals surface area contributed by atoms with Gasteiger partial charge in [0.1, 0.15) is 12.4 Å². The average Bonchev–Trinajstić information content (AvgIpc) is 2.95. The van der Waals surface area contributed by atoms with Crippen molar-refractivity contribution in [2.75, 3.05) is 13.7 Å². The zero-order chi connectivity index (χ0) is 21.0. The third-order valence-electron chi connectivity index (χ3n) is 4.00. The number of rotatable bonds is 6. The van der Waals surface area contributed by atoms with Crippen molar-refractivity contribution in [2.24, 2.45) is 0 Å². The molecule has 0 radical (unpaired) electrons. The van der Waals surface area contributed by atoms with E-state index < -0.39 is 11.1 Å². The molecule has 148 valence electrons. The molecule has 0 atom stereocenters. The van der Waals surface area contributed by atoms with E-state index in [9.17, 15) is 14.0 Å². The highest BCUT2D eigenvalue weighted by Crippen LogP contribution is 2.37. The molecule has 29 heavy (non-hydrogen) atoms. The average molecular weight is 523 g/mol. The van der Waals surface area contributed by atoms with E-state index >= 15 is 0 Å². The molecule has 3 rings (SSSR count). The summed E-state index contributed by atoms with van der Waals surface area (Å²) in [5, 5.41) is -0.397. The van der Waals surface area contributed by atoms with Gasteiger partial charge >= 0.3 is 0 Å². The highest BCUT2D eigenvalue weighted by atomic mass is 127. The number of methoxy groups -OCH3 is 1. The van der Waals surface area contributed by atoms with Gasteiger partial charge in [0.2, 0.25) is 0 Å². The highest BCUT2D eigenvalue weighted by molar-refractivity contribution is 14.1. The second kappa shape index (κ2) is 9.33. The molecule has 2 aromatic rings. The van der Waals surface area contributed by atoms with Gasteiger partial charge in [-0.3, -0.25) is 14.5 Å². The van der Waals surface area contributed by atoms with Crippen LogP contribution in [0.4, 0.5) is 9.18 Å². The normalized spacial score (nSPS) is 15.0. The second-order valence-corrected chi connectivity index (χ2v) is 8.04. The minimum atomic E-state index is -0.424. The summed E-state index contributed by atoms with van der Waals surface area (Å²) in [6.07, 6.45) is 6.81. The van der Waals surface area contributed by atoms with Crippen LogP contribution in [0.2, 0.25) is 0 Å². The molecular formula is C21H15FINO4S. The first kappa shape index (κ1) is 21.2. The molecule has 5 nitrogen and oxygen atoms in total. The van der Waals surface area contributed by atoms with Crippen molar-refractivity contribution in [2.45, 2.75) is 6.61 Å². The number of halogens is 2. The van der Waals surface area contributed by atoms with Gasteiger partial charge in [0, 0.05) is 5.56 Å². The SMILES string of the molecule is C#CCN1C(=O)S/C(=C/c2cc(I)c(OCc3ccccc3F)c(OC)c2)C1=O. The summed E-state index contributed by atoms with van der Waals surface area (Å²) in [6, 6.07) is 9.85. The highest BCUT2D eigenvalue weighted by Gasteiger charge is 2.34. The van der Waals surface area contributed by atoms with Crippen LogP contribution >= 0.6 is 34.4 Å². The number of carbonyl (C=O) groups excluding carboxylic acids is 2. The molecule has 1 fully saturated rings. The number of carbonyl (C=O) groups is 2. The Labute approximate surface area is 185 Å². The van der Waals surface area contributed by atoms with Gasteiger partial charge in [-0.2, -0.15) is 0 Å². The number of nitrogens with zero attached hydrogens (tertiary/aromatic N) is 1. The van der Waals surface area contributed by atoms with E-state index in [1.807, 2.05) is 0 Å². The molecule has 0 bridgehead atoms. The van der Waals surface area contributed by atoms with Crippen molar-refractivity contribution in [1.29, 1.82) is 0 Å². The van der Waals surface area contributed by atoms with Gasteiger partial charge in [-0.25, -0.2) is 4.39 Å². The zero-order valence-electron chi connectivity index (χ0n) is 15.3. The van der Waals surface area contributed by atoms with E-state index in [1.165, 1.54) is 13.2 Å². The van der Waals surface area contributed by atoms with Crippen molar-refractivity contribution in [3.8, 4) is 23.8 Å².